The Kier molecular flexibility index (Phi) is 4.78. The predicted molar refractivity (Wildman–Crippen MR) is 113 cm³/mol. The topological polar surface area (TPSA) is 87.9 Å². The first-order valence-corrected chi connectivity index (χ1v) is 10.3. The van der Waals surface area contributed by atoms with Gasteiger partial charge in [-0.05, 0) is 49.4 Å². The van der Waals surface area contributed by atoms with E-state index in [4.69, 9.17) is 4.52 Å². The van der Waals surface area contributed by atoms with Crippen molar-refractivity contribution in [3.05, 3.63) is 65.8 Å². The Morgan fingerprint density at radius 1 is 1.27 bits per heavy atom. The highest BCUT2D eigenvalue weighted by atomic mass is 16.5. The first-order valence-electron chi connectivity index (χ1n) is 10.3. The molecule has 1 aliphatic heterocycles. The van der Waals surface area contributed by atoms with Crippen LogP contribution in [0.2, 0.25) is 0 Å². The molecule has 7 heteroatoms. The quantitative estimate of drug-likeness (QED) is 0.558. The molecule has 1 atom stereocenters. The Morgan fingerprint density at radius 3 is 3.07 bits per heavy atom. The summed E-state index contributed by atoms with van der Waals surface area (Å²) in [5.41, 5.74) is 4.54. The maximum absolute atomic E-state index is 13.0. The van der Waals surface area contributed by atoms with E-state index in [1.165, 1.54) is 0 Å². The van der Waals surface area contributed by atoms with Crippen molar-refractivity contribution in [1.82, 2.24) is 25.0 Å². The molecule has 152 valence electrons. The fraction of sp³-hybridized carbons (Fsp3) is 0.304. The molecule has 1 N–H and O–H groups in total. The average Bonchev–Trinajstić information content (AvgIpc) is 3.42. The zero-order chi connectivity index (χ0) is 20.5. The van der Waals surface area contributed by atoms with Crippen LogP contribution in [0.5, 0.6) is 0 Å². The molecule has 0 radical (unpaired) electrons. The highest BCUT2D eigenvalue weighted by Crippen LogP contribution is 2.25. The van der Waals surface area contributed by atoms with Gasteiger partial charge in [-0.25, -0.2) is 4.98 Å². The van der Waals surface area contributed by atoms with Crippen LogP contribution in [-0.4, -0.2) is 44.0 Å². The van der Waals surface area contributed by atoms with E-state index in [2.05, 4.69) is 20.1 Å². The van der Waals surface area contributed by atoms with Gasteiger partial charge in [-0.15, -0.1) is 0 Å². The van der Waals surface area contributed by atoms with Gasteiger partial charge in [0.1, 0.15) is 0 Å². The fourth-order valence-electron chi connectivity index (χ4n) is 4.19. The van der Waals surface area contributed by atoms with Gasteiger partial charge in [0, 0.05) is 30.6 Å². The molecule has 3 heterocycles. The van der Waals surface area contributed by atoms with E-state index in [0.717, 1.165) is 41.5 Å². The zero-order valence-electron chi connectivity index (χ0n) is 16.8. The van der Waals surface area contributed by atoms with Crippen molar-refractivity contribution in [2.45, 2.75) is 26.2 Å². The normalized spacial score (nSPS) is 16.8. The molecule has 0 aliphatic carbocycles. The van der Waals surface area contributed by atoms with Gasteiger partial charge in [0.05, 0.1) is 17.4 Å². The van der Waals surface area contributed by atoms with Crippen LogP contribution in [0, 0.1) is 12.8 Å². The zero-order valence-corrected chi connectivity index (χ0v) is 16.8. The summed E-state index contributed by atoms with van der Waals surface area (Å²) < 4.78 is 5.52. The molecule has 5 rings (SSSR count). The van der Waals surface area contributed by atoms with Gasteiger partial charge in [0.25, 0.3) is 5.91 Å². The van der Waals surface area contributed by atoms with Gasteiger partial charge in [0.2, 0.25) is 11.7 Å². The van der Waals surface area contributed by atoms with Crippen molar-refractivity contribution in [3.63, 3.8) is 0 Å². The van der Waals surface area contributed by atoms with Crippen LogP contribution >= 0.6 is 0 Å². The molecule has 0 spiro atoms. The molecule has 30 heavy (non-hydrogen) atoms. The van der Waals surface area contributed by atoms with Gasteiger partial charge in [-0.3, -0.25) is 4.79 Å². The summed E-state index contributed by atoms with van der Waals surface area (Å²) in [7, 11) is 0. The number of nitrogens with one attached hydrogen (secondary N) is 1. The van der Waals surface area contributed by atoms with Crippen LogP contribution in [0.15, 0.2) is 53.3 Å². The molecule has 4 aromatic rings. The van der Waals surface area contributed by atoms with E-state index < -0.39 is 0 Å². The van der Waals surface area contributed by atoms with Crippen molar-refractivity contribution in [2.75, 3.05) is 13.1 Å². The fourth-order valence-corrected chi connectivity index (χ4v) is 4.19. The lowest BCUT2D eigenvalue weighted by molar-refractivity contribution is 0.0668. The van der Waals surface area contributed by atoms with Crippen LogP contribution in [0.3, 0.4) is 0 Å². The van der Waals surface area contributed by atoms with Gasteiger partial charge in [-0.1, -0.05) is 29.4 Å². The van der Waals surface area contributed by atoms with Crippen LogP contribution in [0.4, 0.5) is 0 Å². The summed E-state index contributed by atoms with van der Waals surface area (Å²) in [6.07, 6.45) is 4.35. The summed E-state index contributed by atoms with van der Waals surface area (Å²) in [4.78, 5) is 26.8. The number of fused-ring (bicyclic) bond motifs is 1. The second-order valence-electron chi connectivity index (χ2n) is 7.92. The summed E-state index contributed by atoms with van der Waals surface area (Å²) in [5.74, 6) is 1.62. The largest absolute Gasteiger partial charge is 0.345 e. The molecular formula is C23H23N5O2. The number of hydrogen-bond acceptors (Lipinski definition) is 5. The van der Waals surface area contributed by atoms with Crippen LogP contribution < -0.4 is 0 Å². The number of aromatic amines is 1. The van der Waals surface area contributed by atoms with E-state index >= 15 is 0 Å². The number of piperidine rings is 1. The van der Waals surface area contributed by atoms with Crippen molar-refractivity contribution in [3.8, 4) is 11.4 Å². The first-order chi connectivity index (χ1) is 14.7. The second kappa shape index (κ2) is 7.74. The SMILES string of the molecule is Cc1ccccc1-c1noc(CC2CCCN(C(=O)c3ccc4nc[nH]c4c3)C2)n1. The number of aromatic nitrogens is 4. The lowest BCUT2D eigenvalue weighted by Crippen LogP contribution is -2.40. The number of nitrogens with zero attached hydrogens (tertiary/aromatic N) is 4. The number of rotatable bonds is 4. The maximum Gasteiger partial charge on any atom is 0.253 e. The Labute approximate surface area is 174 Å². The van der Waals surface area contributed by atoms with E-state index in [1.807, 2.05) is 54.3 Å². The Balaban J connectivity index is 1.28. The molecule has 1 saturated heterocycles. The van der Waals surface area contributed by atoms with Crippen LogP contribution in [0.1, 0.15) is 34.7 Å². The first kappa shape index (κ1) is 18.5. The van der Waals surface area contributed by atoms with Gasteiger partial charge in [-0.2, -0.15) is 4.98 Å². The minimum absolute atomic E-state index is 0.0577. The maximum atomic E-state index is 13.0. The molecule has 1 fully saturated rings. The van der Waals surface area contributed by atoms with Crippen molar-refractivity contribution < 1.29 is 9.32 Å². The molecule has 1 aliphatic rings. The van der Waals surface area contributed by atoms with E-state index in [0.29, 0.717) is 36.2 Å². The third-order valence-corrected chi connectivity index (χ3v) is 5.79. The van der Waals surface area contributed by atoms with Gasteiger partial charge in [0.15, 0.2) is 0 Å². The van der Waals surface area contributed by atoms with Crippen molar-refractivity contribution in [1.29, 1.82) is 0 Å². The van der Waals surface area contributed by atoms with Gasteiger partial charge >= 0.3 is 0 Å². The van der Waals surface area contributed by atoms with Gasteiger partial charge < -0.3 is 14.4 Å². The molecule has 1 amide bonds. The lowest BCUT2D eigenvalue weighted by atomic mass is 9.94. The summed E-state index contributed by atoms with van der Waals surface area (Å²) in [5, 5.41) is 4.16. The summed E-state index contributed by atoms with van der Waals surface area (Å²) in [6.45, 7) is 3.51. The summed E-state index contributed by atoms with van der Waals surface area (Å²) >= 11 is 0. The molecule has 0 saturated carbocycles. The van der Waals surface area contributed by atoms with Crippen molar-refractivity contribution >= 4 is 16.9 Å². The number of likely N-dealkylation sites (tertiary alicyclic amines) is 1. The standard InChI is InChI=1S/C23H23N5O2/c1-15-5-2-3-7-18(15)22-26-21(30-27-22)11-16-6-4-10-28(13-16)23(29)17-8-9-19-20(12-17)25-14-24-19/h2-3,5,7-9,12,14,16H,4,6,10-11,13H2,1H3,(H,24,25). The number of hydrogen-bond donors (Lipinski definition) is 1. The lowest BCUT2D eigenvalue weighted by Gasteiger charge is -2.32. The number of carbonyl (C=O) groups excluding carboxylic acids is 1. The number of carbonyl (C=O) groups is 1. The van der Waals surface area contributed by atoms with Crippen molar-refractivity contribution in [2.24, 2.45) is 5.92 Å². The minimum Gasteiger partial charge on any atom is -0.345 e. The third kappa shape index (κ3) is 3.58. The molecule has 2 aromatic heterocycles. The van der Waals surface area contributed by atoms with E-state index in [-0.39, 0.29) is 5.91 Å². The summed E-state index contributed by atoms with van der Waals surface area (Å²) in [6, 6.07) is 13.6. The Hall–Kier alpha value is -3.48. The smallest absolute Gasteiger partial charge is 0.253 e. The molecule has 7 nitrogen and oxygen atoms in total. The van der Waals surface area contributed by atoms with E-state index in [1.54, 1.807) is 6.33 Å². The second-order valence-corrected chi connectivity index (χ2v) is 7.92. The number of amides is 1. The number of imidazole rings is 1. The van der Waals surface area contributed by atoms with Crippen LogP contribution in [-0.2, 0) is 6.42 Å². The minimum atomic E-state index is 0.0577. The number of H-pyrrole nitrogens is 1. The molecular weight excluding hydrogens is 378 g/mol. The Morgan fingerprint density at radius 2 is 2.17 bits per heavy atom. The molecule has 2 aromatic carbocycles. The highest BCUT2D eigenvalue weighted by Gasteiger charge is 2.26. The third-order valence-electron chi connectivity index (χ3n) is 5.79. The predicted octanol–water partition coefficient (Wildman–Crippen LogP) is 4.02. The number of aryl methyl sites for hydroxylation is 1. The highest BCUT2D eigenvalue weighted by molar-refractivity contribution is 5.97. The monoisotopic (exact) mass is 401 g/mol. The Bertz CT molecular complexity index is 1200. The number of benzene rings is 2. The van der Waals surface area contributed by atoms with E-state index in [9.17, 15) is 4.79 Å². The molecule has 0 bridgehead atoms. The van der Waals surface area contributed by atoms with Crippen LogP contribution in [0.25, 0.3) is 22.4 Å². The average molecular weight is 401 g/mol. The molecule has 1 unspecified atom stereocenters.